The van der Waals surface area contributed by atoms with Crippen LogP contribution in [0.2, 0.25) is 0 Å². The van der Waals surface area contributed by atoms with Gasteiger partial charge in [0.25, 0.3) is 0 Å². The van der Waals surface area contributed by atoms with Gasteiger partial charge in [-0.15, -0.1) is 0 Å². The van der Waals surface area contributed by atoms with Crippen molar-refractivity contribution >= 4 is 0 Å². The fourth-order valence-corrected chi connectivity index (χ4v) is 3.46. The van der Waals surface area contributed by atoms with Crippen molar-refractivity contribution in [1.29, 1.82) is 0 Å². The molecule has 0 saturated carbocycles. The molecular weight excluding hydrogens is 231 g/mol. The highest BCUT2D eigenvalue weighted by atomic mass is 19.1. The molecule has 0 amide bonds. The van der Waals surface area contributed by atoms with Crippen LogP contribution in [0.4, 0.5) is 4.39 Å². The number of aryl methyl sites for hydroxylation is 1. The molecule has 2 unspecified atom stereocenters. The fraction of sp³-hybridized carbons (Fsp3) is 0.643. The molecule has 2 saturated heterocycles. The molecule has 3 nitrogen and oxygen atoms in total. The van der Waals surface area contributed by atoms with Gasteiger partial charge in [-0.2, -0.15) is 0 Å². The lowest BCUT2D eigenvalue weighted by atomic mass is 9.83. The third kappa shape index (κ3) is 1.75. The van der Waals surface area contributed by atoms with E-state index in [0.717, 1.165) is 12.8 Å². The van der Waals surface area contributed by atoms with Gasteiger partial charge in [-0.3, -0.25) is 4.98 Å². The van der Waals surface area contributed by atoms with E-state index in [1.54, 1.807) is 13.0 Å². The number of pyridine rings is 1. The van der Waals surface area contributed by atoms with Gasteiger partial charge in [-0.05, 0) is 51.8 Å². The lowest BCUT2D eigenvalue weighted by Crippen LogP contribution is -2.48. The van der Waals surface area contributed by atoms with Crippen LogP contribution in [0.15, 0.2) is 12.1 Å². The second kappa shape index (κ2) is 4.00. The summed E-state index contributed by atoms with van der Waals surface area (Å²) < 4.78 is 13.3. The molecule has 18 heavy (non-hydrogen) atoms. The highest BCUT2D eigenvalue weighted by Crippen LogP contribution is 2.44. The summed E-state index contributed by atoms with van der Waals surface area (Å²) in [6.45, 7) is 1.64. The Labute approximate surface area is 107 Å². The van der Waals surface area contributed by atoms with Crippen LogP contribution in [-0.2, 0) is 5.60 Å². The van der Waals surface area contributed by atoms with Crippen molar-refractivity contribution in [2.45, 2.75) is 50.3 Å². The molecule has 0 spiro atoms. The molecule has 1 N–H and O–H groups in total. The smallest absolute Gasteiger partial charge is 0.144 e. The van der Waals surface area contributed by atoms with Crippen molar-refractivity contribution in [3.05, 3.63) is 29.3 Å². The van der Waals surface area contributed by atoms with Gasteiger partial charge in [0.05, 0.1) is 11.4 Å². The SMILES string of the molecule is Cc1nc(C2(O)CC3CCC(C2)N3C)ccc1F. The quantitative estimate of drug-likeness (QED) is 0.828. The van der Waals surface area contributed by atoms with E-state index < -0.39 is 5.60 Å². The maximum atomic E-state index is 13.3. The van der Waals surface area contributed by atoms with E-state index in [1.165, 1.54) is 6.07 Å². The normalized spacial score (nSPS) is 36.0. The first-order chi connectivity index (χ1) is 8.49. The molecule has 0 aliphatic carbocycles. The molecule has 0 aromatic carbocycles. The number of aliphatic hydroxyl groups is 1. The Morgan fingerprint density at radius 3 is 2.50 bits per heavy atom. The van der Waals surface area contributed by atoms with Gasteiger partial charge in [-0.25, -0.2) is 4.39 Å². The molecule has 2 bridgehead atoms. The van der Waals surface area contributed by atoms with Crippen LogP contribution in [0.5, 0.6) is 0 Å². The average molecular weight is 250 g/mol. The predicted octanol–water partition coefficient (Wildman–Crippen LogP) is 1.97. The van der Waals surface area contributed by atoms with Crippen LogP contribution in [0.1, 0.15) is 37.1 Å². The molecule has 4 heteroatoms. The molecule has 1 aromatic heterocycles. The molecule has 3 rings (SSSR count). The summed E-state index contributed by atoms with van der Waals surface area (Å²) in [5, 5.41) is 10.8. The van der Waals surface area contributed by atoms with Crippen LogP contribution in [0, 0.1) is 12.7 Å². The van der Waals surface area contributed by atoms with Crippen LogP contribution in [0.3, 0.4) is 0 Å². The van der Waals surface area contributed by atoms with Crippen LogP contribution in [-0.4, -0.2) is 34.1 Å². The van der Waals surface area contributed by atoms with Gasteiger partial charge < -0.3 is 10.0 Å². The lowest BCUT2D eigenvalue weighted by molar-refractivity contribution is -0.0525. The number of halogens is 1. The van der Waals surface area contributed by atoms with Gasteiger partial charge in [-0.1, -0.05) is 0 Å². The summed E-state index contributed by atoms with van der Waals surface area (Å²) in [5.74, 6) is -0.307. The van der Waals surface area contributed by atoms with E-state index >= 15 is 0 Å². The highest BCUT2D eigenvalue weighted by molar-refractivity contribution is 5.21. The predicted molar refractivity (Wildman–Crippen MR) is 66.6 cm³/mol. The first kappa shape index (κ1) is 12.1. The van der Waals surface area contributed by atoms with Gasteiger partial charge >= 0.3 is 0 Å². The van der Waals surface area contributed by atoms with Gasteiger partial charge in [0.15, 0.2) is 0 Å². The Morgan fingerprint density at radius 2 is 1.94 bits per heavy atom. The van der Waals surface area contributed by atoms with E-state index in [4.69, 9.17) is 0 Å². The second-order valence-corrected chi connectivity index (χ2v) is 5.75. The summed E-state index contributed by atoms with van der Waals surface area (Å²) in [4.78, 5) is 6.61. The van der Waals surface area contributed by atoms with E-state index in [1.807, 2.05) is 0 Å². The topological polar surface area (TPSA) is 36.4 Å². The molecule has 0 radical (unpaired) electrons. The van der Waals surface area contributed by atoms with Crippen molar-refractivity contribution in [1.82, 2.24) is 9.88 Å². The third-order valence-electron chi connectivity index (χ3n) is 4.63. The summed E-state index contributed by atoms with van der Waals surface area (Å²) in [5.41, 5.74) is 0.121. The summed E-state index contributed by atoms with van der Waals surface area (Å²) in [6, 6.07) is 3.91. The number of nitrogens with zero attached hydrogens (tertiary/aromatic N) is 2. The van der Waals surface area contributed by atoms with Gasteiger partial charge in [0, 0.05) is 12.1 Å². The van der Waals surface area contributed by atoms with Gasteiger partial charge in [0.2, 0.25) is 0 Å². The standard InChI is InChI=1S/C14H19FN2O/c1-9-12(15)5-6-13(16-9)14(18)7-10-3-4-11(8-14)17(10)2/h5-6,10-11,18H,3-4,7-8H2,1-2H3. The van der Waals surface area contributed by atoms with E-state index in [0.29, 0.717) is 36.3 Å². The van der Waals surface area contributed by atoms with E-state index in [-0.39, 0.29) is 5.82 Å². The zero-order valence-corrected chi connectivity index (χ0v) is 10.9. The van der Waals surface area contributed by atoms with Crippen molar-refractivity contribution in [2.24, 2.45) is 0 Å². The summed E-state index contributed by atoms with van der Waals surface area (Å²) >= 11 is 0. The van der Waals surface area contributed by atoms with Crippen molar-refractivity contribution < 1.29 is 9.50 Å². The zero-order chi connectivity index (χ0) is 12.9. The maximum Gasteiger partial charge on any atom is 0.144 e. The van der Waals surface area contributed by atoms with E-state index in [9.17, 15) is 9.50 Å². The number of piperidine rings is 1. The van der Waals surface area contributed by atoms with Gasteiger partial charge in [0.1, 0.15) is 11.4 Å². The van der Waals surface area contributed by atoms with Crippen molar-refractivity contribution in [3.63, 3.8) is 0 Å². The minimum atomic E-state index is -0.878. The largest absolute Gasteiger partial charge is 0.383 e. The Hall–Kier alpha value is -1.00. The summed E-state index contributed by atoms with van der Waals surface area (Å²) in [7, 11) is 2.13. The molecule has 3 heterocycles. The molecule has 2 aliphatic rings. The Morgan fingerprint density at radius 1 is 1.33 bits per heavy atom. The Bertz CT molecular complexity index is 463. The average Bonchev–Trinajstić information content (AvgIpc) is 2.57. The number of aromatic nitrogens is 1. The molecule has 2 aliphatic heterocycles. The van der Waals surface area contributed by atoms with Crippen LogP contribution >= 0.6 is 0 Å². The number of hydrogen-bond donors (Lipinski definition) is 1. The zero-order valence-electron chi connectivity index (χ0n) is 10.9. The van der Waals surface area contributed by atoms with E-state index in [2.05, 4.69) is 16.9 Å². The van der Waals surface area contributed by atoms with Crippen molar-refractivity contribution in [2.75, 3.05) is 7.05 Å². The Balaban J connectivity index is 1.93. The minimum Gasteiger partial charge on any atom is -0.383 e. The second-order valence-electron chi connectivity index (χ2n) is 5.75. The first-order valence-electron chi connectivity index (χ1n) is 6.57. The monoisotopic (exact) mass is 250 g/mol. The third-order valence-corrected chi connectivity index (χ3v) is 4.63. The van der Waals surface area contributed by atoms with Crippen molar-refractivity contribution in [3.8, 4) is 0 Å². The number of rotatable bonds is 1. The fourth-order valence-electron chi connectivity index (χ4n) is 3.46. The highest BCUT2D eigenvalue weighted by Gasteiger charge is 2.47. The molecule has 98 valence electrons. The molecule has 2 fully saturated rings. The molecule has 1 aromatic rings. The Kier molecular flexibility index (Phi) is 2.68. The first-order valence-corrected chi connectivity index (χ1v) is 6.57. The number of hydrogen-bond acceptors (Lipinski definition) is 3. The molecular formula is C14H19FN2O. The minimum absolute atomic E-state index is 0.307. The van der Waals surface area contributed by atoms with Crippen LogP contribution < -0.4 is 0 Å². The number of fused-ring (bicyclic) bond motifs is 2. The maximum absolute atomic E-state index is 13.3. The molecule has 2 atom stereocenters. The summed E-state index contributed by atoms with van der Waals surface area (Å²) in [6.07, 6.45) is 3.70. The lowest BCUT2D eigenvalue weighted by Gasteiger charge is -2.41. The van der Waals surface area contributed by atoms with Crippen LogP contribution in [0.25, 0.3) is 0 Å².